The minimum Gasteiger partial charge on any atom is -0.483 e. The number of aromatic nitrogens is 8. The maximum Gasteiger partial charge on any atom is 0.290 e. The summed E-state index contributed by atoms with van der Waals surface area (Å²) in [4.78, 5) is 75.1. The van der Waals surface area contributed by atoms with Gasteiger partial charge in [-0.15, -0.1) is 5.10 Å². The van der Waals surface area contributed by atoms with Crippen LogP contribution < -0.4 is 31.9 Å². The summed E-state index contributed by atoms with van der Waals surface area (Å²) in [7, 11) is 0. The van der Waals surface area contributed by atoms with Crippen LogP contribution in [0.3, 0.4) is 0 Å². The molecule has 2 aliphatic heterocycles. The van der Waals surface area contributed by atoms with Crippen molar-refractivity contribution in [2.24, 2.45) is 5.92 Å². The molecular formula is C59H59ClN16O5. The molecule has 2 fully saturated rings. The molecule has 10 rings (SSSR count). The lowest BCUT2D eigenvalue weighted by Gasteiger charge is -2.39. The Kier molecular flexibility index (Phi) is 18.4. The van der Waals surface area contributed by atoms with Crippen LogP contribution in [-0.2, 0) is 29.2 Å². The number of carbonyl (C=O) groups is 4. The second kappa shape index (κ2) is 26.4. The first-order chi connectivity index (χ1) is 39.4. The summed E-state index contributed by atoms with van der Waals surface area (Å²) in [6.45, 7) is 9.45. The number of carbonyl (C=O) groups excluding carboxylic acids is 3. The number of nitriles is 1. The van der Waals surface area contributed by atoms with Gasteiger partial charge in [-0.1, -0.05) is 77.8 Å². The van der Waals surface area contributed by atoms with E-state index in [0.29, 0.717) is 89.6 Å². The van der Waals surface area contributed by atoms with Gasteiger partial charge in [0.25, 0.3) is 18.3 Å². The zero-order valence-electron chi connectivity index (χ0n) is 44.6. The number of nitrogen functional groups attached to an aromatic ring is 1. The Labute approximate surface area is 472 Å². The minimum atomic E-state index is -0.365. The molecule has 0 bridgehead atoms. The number of hydrogen-bond donors (Lipinski definition) is 6. The zero-order valence-corrected chi connectivity index (χ0v) is 45.4. The zero-order chi connectivity index (χ0) is 56.8. The molecule has 5 aromatic heterocycles. The van der Waals surface area contributed by atoms with Crippen LogP contribution >= 0.6 is 11.6 Å². The average molecular weight is 1110 g/mol. The molecule has 22 heteroatoms. The Morgan fingerprint density at radius 1 is 0.753 bits per heavy atom. The number of nitrogens with two attached hydrogens (primary N) is 1. The van der Waals surface area contributed by atoms with Gasteiger partial charge in [0.05, 0.1) is 58.1 Å². The number of anilines is 4. The number of nitrogens with one attached hydrogen (secondary N) is 4. The fourth-order valence-corrected chi connectivity index (χ4v) is 9.88. The van der Waals surface area contributed by atoms with Crippen molar-refractivity contribution in [2.45, 2.75) is 52.7 Å². The topological polar surface area (TPSA) is 288 Å². The number of pyridine rings is 3. The number of nitrogens with zero attached hydrogens (tertiary/aromatic N) is 11. The van der Waals surface area contributed by atoms with E-state index in [1.165, 1.54) is 19.3 Å². The Balaban J connectivity index is 0.00000258. The number of likely N-dealkylation sites (tertiary alicyclic amines) is 1. The fourth-order valence-electron chi connectivity index (χ4n) is 9.61. The smallest absolute Gasteiger partial charge is 0.290 e. The van der Waals surface area contributed by atoms with Crippen LogP contribution in [0.15, 0.2) is 122 Å². The molecule has 7 N–H and O–H groups in total. The summed E-state index contributed by atoms with van der Waals surface area (Å²) in [5.74, 6) is -0.0479. The molecule has 0 aliphatic carbocycles. The van der Waals surface area contributed by atoms with Gasteiger partial charge in [-0.05, 0) is 116 Å². The highest BCUT2D eigenvalue weighted by Gasteiger charge is 2.33. The van der Waals surface area contributed by atoms with E-state index in [0.717, 1.165) is 64.5 Å². The normalized spacial score (nSPS) is 13.2. The summed E-state index contributed by atoms with van der Waals surface area (Å²) < 4.78 is 1.67. The summed E-state index contributed by atoms with van der Waals surface area (Å²) in [5.41, 5.74) is 16.5. The van der Waals surface area contributed by atoms with Crippen LogP contribution in [0.2, 0.25) is 5.02 Å². The highest BCUT2D eigenvalue weighted by atomic mass is 35.5. The van der Waals surface area contributed by atoms with Gasteiger partial charge in [0.2, 0.25) is 11.9 Å². The van der Waals surface area contributed by atoms with Gasteiger partial charge in [0.1, 0.15) is 22.9 Å². The highest BCUT2D eigenvalue weighted by molar-refractivity contribution is 6.36. The van der Waals surface area contributed by atoms with E-state index in [-0.39, 0.29) is 41.8 Å². The van der Waals surface area contributed by atoms with E-state index in [9.17, 15) is 19.6 Å². The van der Waals surface area contributed by atoms with Crippen molar-refractivity contribution in [3.05, 3.63) is 172 Å². The SMILES string of the molecule is Cc1c(C#N)cccc1-c1cc(-c2cn(Cc3cccc(N4CC(C(=O)NCCNCc5ccc(C(=O)Nc6cccc(-c7cccc(NC(=O)c8ccc(CN9CCCCC9)cn8)c7Cl)c6C)nc5)C4)n3)nn2)nc(N)n1.O=CO. The molecule has 412 valence electrons. The molecule has 0 atom stereocenters. The van der Waals surface area contributed by atoms with Gasteiger partial charge < -0.3 is 37.0 Å². The third-order valence-electron chi connectivity index (χ3n) is 14.0. The molecule has 0 saturated carbocycles. The quantitative estimate of drug-likeness (QED) is 0.0357. The van der Waals surface area contributed by atoms with Crippen LogP contribution in [0, 0.1) is 31.1 Å². The van der Waals surface area contributed by atoms with E-state index in [1.54, 1.807) is 53.6 Å². The molecule has 0 spiro atoms. The number of rotatable bonds is 18. The van der Waals surface area contributed by atoms with Crippen LogP contribution in [0.4, 0.5) is 23.1 Å². The fraction of sp³-hybridized carbons (Fsp3) is 0.254. The second-order valence-corrected chi connectivity index (χ2v) is 19.9. The molecule has 0 unspecified atom stereocenters. The lowest BCUT2D eigenvalue weighted by atomic mass is 9.98. The summed E-state index contributed by atoms with van der Waals surface area (Å²) in [6.07, 6.45) is 8.89. The van der Waals surface area contributed by atoms with Crippen molar-refractivity contribution >= 4 is 58.9 Å². The van der Waals surface area contributed by atoms with Gasteiger partial charge >= 0.3 is 0 Å². The first-order valence-corrected chi connectivity index (χ1v) is 26.7. The first-order valence-electron chi connectivity index (χ1n) is 26.3. The monoisotopic (exact) mass is 1110 g/mol. The maximum absolute atomic E-state index is 13.4. The largest absolute Gasteiger partial charge is 0.483 e. The van der Waals surface area contributed by atoms with Crippen molar-refractivity contribution in [1.29, 1.82) is 5.26 Å². The third kappa shape index (κ3) is 14.0. The van der Waals surface area contributed by atoms with Gasteiger partial charge in [-0.25, -0.2) is 19.6 Å². The second-order valence-electron chi connectivity index (χ2n) is 19.5. The van der Waals surface area contributed by atoms with Gasteiger partial charge in [0.15, 0.2) is 0 Å². The van der Waals surface area contributed by atoms with E-state index >= 15 is 0 Å². The first kappa shape index (κ1) is 56.2. The molecule has 3 amide bonds. The van der Waals surface area contributed by atoms with Crippen molar-refractivity contribution in [1.82, 2.24) is 55.4 Å². The molecule has 81 heavy (non-hydrogen) atoms. The van der Waals surface area contributed by atoms with Crippen molar-refractivity contribution in [3.63, 3.8) is 0 Å². The number of benzene rings is 3. The molecule has 21 nitrogen and oxygen atoms in total. The number of halogens is 1. The predicted octanol–water partition coefficient (Wildman–Crippen LogP) is 7.56. The summed E-state index contributed by atoms with van der Waals surface area (Å²) in [5, 5.41) is 37.7. The standard InChI is InChI=1S/C58H57ClN16O3.CH2O2/c1-36-40(27-60)10-6-13-44(36)50-26-51(70-58(61)69-50)52-35-75(72-71-52)34-42-11-7-17-53(66-42)74-32-41(33-74)55(76)63-23-22-62-28-38-18-20-48(64-29-38)56(77)67-46-15-8-12-43(37(46)2)45-14-9-16-47(54(45)59)68-57(78)49-21-19-39(30-65-49)31-73-24-4-3-5-25-73;2-1-3/h6-21,26,29-30,35,41,62H,3-5,22-25,28,31-34H2,1-2H3,(H,63,76)(H,67,77)(H,68,78)(H2,61,69,70);1H,(H,2,3). The lowest BCUT2D eigenvalue weighted by Crippen LogP contribution is -2.54. The van der Waals surface area contributed by atoms with Gasteiger partial charge in [-0.2, -0.15) is 5.26 Å². The van der Waals surface area contributed by atoms with Crippen molar-refractivity contribution in [3.8, 4) is 39.8 Å². The molecule has 2 saturated heterocycles. The Morgan fingerprint density at radius 3 is 2.12 bits per heavy atom. The Bertz CT molecular complexity index is 3600. The summed E-state index contributed by atoms with van der Waals surface area (Å²) in [6, 6.07) is 33.5. The molecule has 2 aliphatic rings. The number of carboxylic acid groups (broad SMARTS) is 1. The van der Waals surface area contributed by atoms with E-state index in [1.807, 2.05) is 86.6 Å². The third-order valence-corrected chi connectivity index (χ3v) is 14.4. The maximum atomic E-state index is 13.4. The molecule has 8 aromatic rings. The Morgan fingerprint density at radius 2 is 1.41 bits per heavy atom. The molecule has 0 radical (unpaired) electrons. The van der Waals surface area contributed by atoms with Gasteiger partial charge in [0, 0.05) is 68.5 Å². The van der Waals surface area contributed by atoms with Crippen molar-refractivity contribution < 1.29 is 24.3 Å². The van der Waals surface area contributed by atoms with Crippen molar-refractivity contribution in [2.75, 3.05) is 60.5 Å². The molecule has 3 aromatic carbocycles. The number of amides is 3. The van der Waals surface area contributed by atoms with Crippen LogP contribution in [0.1, 0.15) is 73.8 Å². The minimum absolute atomic E-state index is 0.0168. The number of hydrogen-bond acceptors (Lipinski definition) is 16. The van der Waals surface area contributed by atoms with E-state index in [2.05, 4.69) is 67.4 Å². The van der Waals surface area contributed by atoms with Crippen LogP contribution in [0.5, 0.6) is 0 Å². The van der Waals surface area contributed by atoms with Gasteiger partial charge in [-0.3, -0.25) is 34.0 Å². The molecular weight excluding hydrogens is 1050 g/mol. The van der Waals surface area contributed by atoms with E-state index < -0.39 is 0 Å². The lowest BCUT2D eigenvalue weighted by molar-refractivity contribution is -0.125. The van der Waals surface area contributed by atoms with Crippen LogP contribution in [0.25, 0.3) is 33.8 Å². The average Bonchev–Trinajstić information content (AvgIpc) is 3.94. The van der Waals surface area contributed by atoms with E-state index in [4.69, 9.17) is 32.2 Å². The Hall–Kier alpha value is -9.49. The highest BCUT2D eigenvalue weighted by Crippen LogP contribution is 2.38. The van der Waals surface area contributed by atoms with Crippen LogP contribution in [-0.4, -0.2) is 113 Å². The molecule has 7 heterocycles. The number of piperidine rings is 1. The predicted molar refractivity (Wildman–Crippen MR) is 308 cm³/mol. The summed E-state index contributed by atoms with van der Waals surface area (Å²) >= 11 is 6.94.